The lowest BCUT2D eigenvalue weighted by Crippen LogP contribution is -2.27. The molecule has 0 atom stereocenters. The van der Waals surface area contributed by atoms with Crippen LogP contribution in [0.25, 0.3) is 11.1 Å². The quantitative estimate of drug-likeness (QED) is 0.803. The summed E-state index contributed by atoms with van der Waals surface area (Å²) in [5.74, 6) is -0.757. The average Bonchev–Trinajstić information content (AvgIpc) is 2.44. The van der Waals surface area contributed by atoms with Crippen molar-refractivity contribution in [2.75, 3.05) is 13.2 Å². The fourth-order valence-corrected chi connectivity index (χ4v) is 1.90. The number of pyridine rings is 1. The second kappa shape index (κ2) is 6.36. The smallest absolute Gasteiger partial charge is 0.273 e. The van der Waals surface area contributed by atoms with E-state index in [4.69, 9.17) is 16.7 Å². The van der Waals surface area contributed by atoms with Crippen LogP contribution in [-0.4, -0.2) is 34.3 Å². The normalized spacial score (nSPS) is 10.3. The third kappa shape index (κ3) is 3.26. The Bertz CT molecular complexity index is 632. The Labute approximate surface area is 120 Å². The molecule has 2 rings (SSSR count). The van der Waals surface area contributed by atoms with Crippen LogP contribution in [0.1, 0.15) is 10.5 Å². The third-order valence-electron chi connectivity index (χ3n) is 2.64. The van der Waals surface area contributed by atoms with Gasteiger partial charge in [-0.05, 0) is 23.8 Å². The first-order chi connectivity index (χ1) is 9.61. The molecule has 0 bridgehead atoms. The van der Waals surface area contributed by atoms with Crippen molar-refractivity contribution in [1.82, 2.24) is 10.3 Å². The molecule has 0 aliphatic rings. The van der Waals surface area contributed by atoms with Crippen molar-refractivity contribution >= 4 is 17.5 Å². The summed E-state index contributed by atoms with van der Waals surface area (Å²) in [6.07, 6.45) is 1.49. The van der Waals surface area contributed by atoms with Gasteiger partial charge in [-0.15, -0.1) is 0 Å². The summed E-state index contributed by atoms with van der Waals surface area (Å²) in [5, 5.41) is 21.5. The molecule has 20 heavy (non-hydrogen) atoms. The van der Waals surface area contributed by atoms with E-state index in [-0.39, 0.29) is 24.6 Å². The summed E-state index contributed by atoms with van der Waals surface area (Å²) in [4.78, 5) is 15.6. The van der Waals surface area contributed by atoms with Crippen LogP contribution in [0.2, 0.25) is 5.02 Å². The number of nitrogens with one attached hydrogen (secondary N) is 1. The number of aliphatic hydroxyl groups is 1. The van der Waals surface area contributed by atoms with Crippen LogP contribution in [0.15, 0.2) is 36.5 Å². The molecule has 0 radical (unpaired) electrons. The fraction of sp³-hybridized carbons (Fsp3) is 0.143. The summed E-state index contributed by atoms with van der Waals surface area (Å²) >= 11 is 5.90. The van der Waals surface area contributed by atoms with Crippen LogP contribution in [0.3, 0.4) is 0 Å². The van der Waals surface area contributed by atoms with Crippen LogP contribution < -0.4 is 5.32 Å². The summed E-state index contributed by atoms with van der Waals surface area (Å²) in [6.45, 7) is -0.0664. The number of rotatable bonds is 4. The first-order valence-corrected chi connectivity index (χ1v) is 6.33. The molecule has 0 saturated heterocycles. The van der Waals surface area contributed by atoms with E-state index < -0.39 is 5.91 Å². The molecule has 1 aromatic carbocycles. The molecule has 104 valence electrons. The van der Waals surface area contributed by atoms with E-state index in [1.54, 1.807) is 18.2 Å². The standard InChI is InChI=1S/C14H13ClN2O3/c15-11-3-1-2-9(6-11)10-7-12(19)13(17-8-10)14(20)16-4-5-18/h1-3,6-8,18-19H,4-5H2,(H,16,20). The highest BCUT2D eigenvalue weighted by atomic mass is 35.5. The highest BCUT2D eigenvalue weighted by Gasteiger charge is 2.13. The van der Waals surface area contributed by atoms with Crippen LogP contribution in [0, 0.1) is 0 Å². The van der Waals surface area contributed by atoms with Gasteiger partial charge in [-0.25, -0.2) is 4.98 Å². The van der Waals surface area contributed by atoms with E-state index in [2.05, 4.69) is 10.3 Å². The number of carbonyl (C=O) groups is 1. The van der Waals surface area contributed by atoms with Crippen LogP contribution in [0.4, 0.5) is 0 Å². The van der Waals surface area contributed by atoms with E-state index in [1.165, 1.54) is 12.3 Å². The minimum Gasteiger partial charge on any atom is -0.505 e. The molecular formula is C14H13ClN2O3. The molecule has 0 unspecified atom stereocenters. The topological polar surface area (TPSA) is 82.5 Å². The molecule has 0 aliphatic heterocycles. The molecule has 6 heteroatoms. The molecular weight excluding hydrogens is 280 g/mol. The van der Waals surface area contributed by atoms with Crippen molar-refractivity contribution in [2.24, 2.45) is 0 Å². The zero-order chi connectivity index (χ0) is 14.5. The van der Waals surface area contributed by atoms with Crippen molar-refractivity contribution in [3.63, 3.8) is 0 Å². The van der Waals surface area contributed by atoms with Gasteiger partial charge < -0.3 is 15.5 Å². The molecule has 1 heterocycles. The number of amides is 1. The number of benzene rings is 1. The number of aromatic hydroxyl groups is 1. The van der Waals surface area contributed by atoms with Crippen molar-refractivity contribution in [2.45, 2.75) is 0 Å². The van der Waals surface area contributed by atoms with E-state index in [9.17, 15) is 9.90 Å². The number of carbonyl (C=O) groups excluding carboxylic acids is 1. The Kier molecular flexibility index (Phi) is 4.55. The lowest BCUT2D eigenvalue weighted by Gasteiger charge is -2.07. The van der Waals surface area contributed by atoms with Gasteiger partial charge in [0.2, 0.25) is 0 Å². The predicted octanol–water partition coefficient (Wildman–Crippen LogP) is 1.83. The summed E-state index contributed by atoms with van der Waals surface area (Å²) in [7, 11) is 0. The summed E-state index contributed by atoms with van der Waals surface area (Å²) in [5.41, 5.74) is 1.37. The number of hydrogen-bond donors (Lipinski definition) is 3. The zero-order valence-corrected chi connectivity index (χ0v) is 11.3. The van der Waals surface area contributed by atoms with Crippen molar-refractivity contribution in [3.8, 4) is 16.9 Å². The maximum Gasteiger partial charge on any atom is 0.273 e. The Balaban J connectivity index is 2.28. The fourth-order valence-electron chi connectivity index (χ4n) is 1.71. The van der Waals surface area contributed by atoms with Crippen LogP contribution in [-0.2, 0) is 0 Å². The molecule has 0 fully saturated rings. The van der Waals surface area contributed by atoms with Crippen molar-refractivity contribution in [1.29, 1.82) is 0 Å². The van der Waals surface area contributed by atoms with E-state index in [0.29, 0.717) is 10.6 Å². The summed E-state index contributed by atoms with van der Waals surface area (Å²) < 4.78 is 0. The molecule has 1 aromatic heterocycles. The molecule has 2 aromatic rings. The molecule has 0 saturated carbocycles. The maximum absolute atomic E-state index is 11.7. The van der Waals surface area contributed by atoms with Gasteiger partial charge in [0.15, 0.2) is 5.69 Å². The second-order valence-electron chi connectivity index (χ2n) is 4.08. The minimum atomic E-state index is -0.533. The Morgan fingerprint density at radius 3 is 2.75 bits per heavy atom. The summed E-state index contributed by atoms with van der Waals surface area (Å²) in [6, 6.07) is 8.55. The minimum absolute atomic E-state index is 0.0794. The number of nitrogens with zero attached hydrogens (tertiary/aromatic N) is 1. The van der Waals surface area contributed by atoms with Gasteiger partial charge in [-0.2, -0.15) is 0 Å². The highest BCUT2D eigenvalue weighted by molar-refractivity contribution is 6.30. The highest BCUT2D eigenvalue weighted by Crippen LogP contribution is 2.26. The van der Waals surface area contributed by atoms with Gasteiger partial charge >= 0.3 is 0 Å². The van der Waals surface area contributed by atoms with Crippen LogP contribution >= 0.6 is 11.6 Å². The van der Waals surface area contributed by atoms with Gasteiger partial charge in [-0.1, -0.05) is 23.7 Å². The van der Waals surface area contributed by atoms with Crippen molar-refractivity contribution < 1.29 is 15.0 Å². The number of aromatic nitrogens is 1. The SMILES string of the molecule is O=C(NCCO)c1ncc(-c2cccc(Cl)c2)cc1O. The Morgan fingerprint density at radius 1 is 1.30 bits per heavy atom. The van der Waals surface area contributed by atoms with Crippen molar-refractivity contribution in [3.05, 3.63) is 47.2 Å². The lowest BCUT2D eigenvalue weighted by atomic mass is 10.1. The van der Waals surface area contributed by atoms with Gasteiger partial charge in [-0.3, -0.25) is 4.79 Å². The van der Waals surface area contributed by atoms with Gasteiger partial charge in [0.05, 0.1) is 6.61 Å². The number of halogens is 1. The number of hydrogen-bond acceptors (Lipinski definition) is 4. The predicted molar refractivity (Wildman–Crippen MR) is 75.8 cm³/mol. The van der Waals surface area contributed by atoms with E-state index in [1.807, 2.05) is 6.07 Å². The largest absolute Gasteiger partial charge is 0.505 e. The molecule has 1 amide bonds. The molecule has 5 nitrogen and oxygen atoms in total. The first kappa shape index (κ1) is 14.3. The Hall–Kier alpha value is -2.11. The molecule has 0 aliphatic carbocycles. The average molecular weight is 293 g/mol. The molecule has 3 N–H and O–H groups in total. The third-order valence-corrected chi connectivity index (χ3v) is 2.87. The monoisotopic (exact) mass is 292 g/mol. The van der Waals surface area contributed by atoms with E-state index in [0.717, 1.165) is 5.56 Å². The van der Waals surface area contributed by atoms with Gasteiger partial charge in [0.1, 0.15) is 5.75 Å². The van der Waals surface area contributed by atoms with E-state index >= 15 is 0 Å². The molecule has 0 spiro atoms. The van der Waals surface area contributed by atoms with Gasteiger partial charge in [0, 0.05) is 23.3 Å². The first-order valence-electron chi connectivity index (χ1n) is 5.96. The lowest BCUT2D eigenvalue weighted by molar-refractivity contribution is 0.0937. The van der Waals surface area contributed by atoms with Gasteiger partial charge in [0.25, 0.3) is 5.91 Å². The maximum atomic E-state index is 11.7. The second-order valence-corrected chi connectivity index (χ2v) is 4.52. The van der Waals surface area contributed by atoms with Crippen LogP contribution in [0.5, 0.6) is 5.75 Å². The Morgan fingerprint density at radius 2 is 2.10 bits per heavy atom. The zero-order valence-electron chi connectivity index (χ0n) is 10.5. The number of aliphatic hydroxyl groups excluding tert-OH is 1.